The third-order valence-corrected chi connectivity index (χ3v) is 7.96. The maximum absolute atomic E-state index is 13.8. The summed E-state index contributed by atoms with van der Waals surface area (Å²) in [6.07, 6.45) is 3.26. The molecule has 0 unspecified atom stereocenters. The highest BCUT2D eigenvalue weighted by Crippen LogP contribution is 2.60. The zero-order chi connectivity index (χ0) is 19.9. The van der Waals surface area contributed by atoms with Gasteiger partial charge in [0, 0.05) is 38.0 Å². The Balaban J connectivity index is 1.63. The smallest absolute Gasteiger partial charge is 0.229 e. The van der Waals surface area contributed by atoms with E-state index in [1.807, 2.05) is 34.1 Å². The van der Waals surface area contributed by atoms with Crippen molar-refractivity contribution in [1.82, 2.24) is 4.90 Å². The van der Waals surface area contributed by atoms with Gasteiger partial charge in [-0.15, -0.1) is 0 Å². The summed E-state index contributed by atoms with van der Waals surface area (Å²) in [5, 5.41) is 0. The van der Waals surface area contributed by atoms with Crippen molar-refractivity contribution >= 4 is 23.3 Å². The number of hydrogen-bond donors (Lipinski definition) is 0. The number of rotatable bonds is 0. The Hall–Kier alpha value is -2.47. The molecule has 2 amide bonds. The average molecular weight is 392 g/mol. The Labute approximate surface area is 169 Å². The van der Waals surface area contributed by atoms with Gasteiger partial charge < -0.3 is 14.5 Å². The molecular weight excluding hydrogens is 368 g/mol. The number of anilines is 1. The Bertz CT molecular complexity index is 985. The standard InChI is InChI=1S/C23H24N2O4/c1-13(26)24-8-7-23-16-4-2-3-5-17(16)25-20(28)11-18-21(22(23)25)15(10-19(23)27)14(12-24)6-9-29-18/h2-6,15,18,21-22H,7-12H2,1H3/t15-,18+,21+,22-,23+/m0/s1. The summed E-state index contributed by atoms with van der Waals surface area (Å²) >= 11 is 0. The molecule has 5 aliphatic heterocycles. The molecule has 150 valence electrons. The first kappa shape index (κ1) is 17.4. The summed E-state index contributed by atoms with van der Waals surface area (Å²) in [5.74, 6) is 0.395. The highest BCUT2D eigenvalue weighted by atomic mass is 16.5. The van der Waals surface area contributed by atoms with Crippen LogP contribution in [0.2, 0.25) is 0 Å². The summed E-state index contributed by atoms with van der Waals surface area (Å²) in [6, 6.07) is 7.66. The van der Waals surface area contributed by atoms with Crippen LogP contribution < -0.4 is 4.90 Å². The third kappa shape index (κ3) is 2.08. The highest BCUT2D eigenvalue weighted by molar-refractivity contribution is 6.06. The molecule has 7 rings (SSSR count). The van der Waals surface area contributed by atoms with Gasteiger partial charge in [0.05, 0.1) is 30.6 Å². The lowest BCUT2D eigenvalue weighted by Gasteiger charge is -2.53. The number of ether oxygens (including phenoxy) is 1. The number of benzene rings is 1. The molecule has 0 N–H and O–H groups in total. The van der Waals surface area contributed by atoms with Crippen molar-refractivity contribution in [3.05, 3.63) is 41.5 Å². The Morgan fingerprint density at radius 2 is 2.03 bits per heavy atom. The van der Waals surface area contributed by atoms with Crippen LogP contribution in [0.25, 0.3) is 0 Å². The van der Waals surface area contributed by atoms with Crippen LogP contribution in [0.5, 0.6) is 0 Å². The summed E-state index contributed by atoms with van der Waals surface area (Å²) in [7, 11) is 0. The van der Waals surface area contributed by atoms with Gasteiger partial charge in [0.25, 0.3) is 0 Å². The number of nitrogens with zero attached hydrogens (tertiary/aromatic N) is 2. The van der Waals surface area contributed by atoms with E-state index in [9.17, 15) is 14.4 Å². The van der Waals surface area contributed by atoms with E-state index in [0.29, 0.717) is 39.0 Å². The minimum Gasteiger partial charge on any atom is -0.373 e. The van der Waals surface area contributed by atoms with Crippen molar-refractivity contribution < 1.29 is 19.1 Å². The van der Waals surface area contributed by atoms with Gasteiger partial charge in [0.2, 0.25) is 11.8 Å². The lowest BCUT2D eigenvalue weighted by atomic mass is 9.55. The van der Waals surface area contributed by atoms with E-state index >= 15 is 0 Å². The zero-order valence-corrected chi connectivity index (χ0v) is 16.5. The molecule has 1 spiro atoms. The van der Waals surface area contributed by atoms with Gasteiger partial charge in [-0.05, 0) is 29.5 Å². The van der Waals surface area contributed by atoms with E-state index in [1.165, 1.54) is 0 Å². The van der Waals surface area contributed by atoms with E-state index in [1.54, 1.807) is 6.92 Å². The molecule has 1 aliphatic carbocycles. The highest BCUT2D eigenvalue weighted by Gasteiger charge is 2.67. The predicted molar refractivity (Wildman–Crippen MR) is 105 cm³/mol. The lowest BCUT2D eigenvalue weighted by molar-refractivity contribution is -0.140. The number of hydrogen-bond acceptors (Lipinski definition) is 4. The predicted octanol–water partition coefficient (Wildman–Crippen LogP) is 1.83. The second-order valence-corrected chi connectivity index (χ2v) is 9.05. The van der Waals surface area contributed by atoms with Crippen molar-refractivity contribution in [2.45, 2.75) is 43.7 Å². The number of piperidine rings is 1. The largest absolute Gasteiger partial charge is 0.373 e. The number of para-hydroxylation sites is 1. The number of amides is 2. The molecular formula is C23H24N2O4. The van der Waals surface area contributed by atoms with Crippen LogP contribution in [-0.2, 0) is 24.5 Å². The molecule has 29 heavy (non-hydrogen) atoms. The number of carbonyl (C=O) groups excluding carboxylic acids is 3. The molecule has 0 radical (unpaired) electrons. The van der Waals surface area contributed by atoms with Crippen LogP contribution in [0.4, 0.5) is 5.69 Å². The van der Waals surface area contributed by atoms with Gasteiger partial charge in [-0.1, -0.05) is 24.3 Å². The van der Waals surface area contributed by atoms with Crippen molar-refractivity contribution in [2.75, 3.05) is 24.6 Å². The number of carbonyl (C=O) groups is 3. The number of Topliss-reactive ketones (excluding diaryl/α,β-unsaturated/α-hetero) is 1. The van der Waals surface area contributed by atoms with E-state index in [0.717, 1.165) is 16.8 Å². The van der Waals surface area contributed by atoms with Crippen LogP contribution in [-0.4, -0.2) is 54.3 Å². The lowest BCUT2D eigenvalue weighted by Crippen LogP contribution is -2.66. The Morgan fingerprint density at radius 3 is 2.86 bits per heavy atom. The molecule has 3 saturated heterocycles. The van der Waals surface area contributed by atoms with Crippen molar-refractivity contribution in [3.8, 4) is 0 Å². The first-order valence-corrected chi connectivity index (χ1v) is 10.5. The topological polar surface area (TPSA) is 66.9 Å². The fraction of sp³-hybridized carbons (Fsp3) is 0.522. The van der Waals surface area contributed by atoms with Crippen LogP contribution in [0, 0.1) is 11.8 Å². The van der Waals surface area contributed by atoms with Crippen LogP contribution >= 0.6 is 0 Å². The molecule has 5 heterocycles. The first-order valence-electron chi connectivity index (χ1n) is 10.5. The fourth-order valence-electron chi connectivity index (χ4n) is 6.76. The molecule has 4 bridgehead atoms. The first-order chi connectivity index (χ1) is 14.0. The van der Waals surface area contributed by atoms with Gasteiger partial charge in [0.1, 0.15) is 5.78 Å². The maximum atomic E-state index is 13.8. The zero-order valence-electron chi connectivity index (χ0n) is 16.5. The molecule has 1 saturated carbocycles. The minimum absolute atomic E-state index is 0.0259. The van der Waals surface area contributed by atoms with Crippen LogP contribution in [0.1, 0.15) is 31.7 Å². The second kappa shape index (κ2) is 5.79. The maximum Gasteiger partial charge on any atom is 0.229 e. The monoisotopic (exact) mass is 392 g/mol. The second-order valence-electron chi connectivity index (χ2n) is 9.05. The molecule has 6 heteroatoms. The SMILES string of the molecule is CC(=O)N1CC[C@]23C(=O)C[C@H]4C(=CCO[C@@H]5CC(=O)N(c6ccccc62)[C@H]3[C@@H]54)C1. The number of ketones is 1. The number of fused-ring (bicyclic) bond motifs is 6. The molecule has 1 aromatic rings. The quantitative estimate of drug-likeness (QED) is 0.632. The van der Waals surface area contributed by atoms with Crippen LogP contribution in [0.3, 0.4) is 0 Å². The fourth-order valence-corrected chi connectivity index (χ4v) is 6.76. The van der Waals surface area contributed by atoms with Crippen LogP contribution in [0.15, 0.2) is 35.9 Å². The van der Waals surface area contributed by atoms with E-state index in [4.69, 9.17) is 4.74 Å². The third-order valence-electron chi connectivity index (χ3n) is 7.96. The molecule has 6 nitrogen and oxygen atoms in total. The molecule has 0 aromatic heterocycles. The summed E-state index contributed by atoms with van der Waals surface area (Å²) < 4.78 is 6.17. The summed E-state index contributed by atoms with van der Waals surface area (Å²) in [4.78, 5) is 43.3. The van der Waals surface area contributed by atoms with Gasteiger partial charge in [-0.3, -0.25) is 14.4 Å². The molecule has 1 aromatic carbocycles. The Morgan fingerprint density at radius 1 is 1.21 bits per heavy atom. The molecule has 6 aliphatic rings. The van der Waals surface area contributed by atoms with Gasteiger partial charge in [-0.25, -0.2) is 0 Å². The van der Waals surface area contributed by atoms with Gasteiger partial charge in [-0.2, -0.15) is 0 Å². The van der Waals surface area contributed by atoms with Gasteiger partial charge >= 0.3 is 0 Å². The van der Waals surface area contributed by atoms with E-state index in [2.05, 4.69) is 6.08 Å². The van der Waals surface area contributed by atoms with Gasteiger partial charge in [0.15, 0.2) is 0 Å². The van der Waals surface area contributed by atoms with E-state index in [-0.39, 0.29) is 41.6 Å². The normalized spacial score (nSPS) is 37.3. The summed E-state index contributed by atoms with van der Waals surface area (Å²) in [5.41, 5.74) is 2.22. The molecule has 5 atom stereocenters. The summed E-state index contributed by atoms with van der Waals surface area (Å²) in [6.45, 7) is 3.11. The molecule has 4 fully saturated rings. The van der Waals surface area contributed by atoms with E-state index < -0.39 is 5.41 Å². The van der Waals surface area contributed by atoms with Crippen molar-refractivity contribution in [2.24, 2.45) is 11.8 Å². The average Bonchev–Trinajstić information content (AvgIpc) is 2.95. The van der Waals surface area contributed by atoms with Crippen molar-refractivity contribution in [1.29, 1.82) is 0 Å². The van der Waals surface area contributed by atoms with Crippen molar-refractivity contribution in [3.63, 3.8) is 0 Å². The Kier molecular flexibility index (Phi) is 3.47. The minimum atomic E-state index is -0.747.